The molecule has 0 saturated heterocycles. The highest BCUT2D eigenvalue weighted by Gasteiger charge is 2.20. The highest BCUT2D eigenvalue weighted by Crippen LogP contribution is 2.35. The molecule has 0 atom stereocenters. The van der Waals surface area contributed by atoms with Gasteiger partial charge in [-0.15, -0.1) is 10.2 Å². The third-order valence-corrected chi connectivity index (χ3v) is 6.22. The van der Waals surface area contributed by atoms with Crippen LogP contribution in [0.5, 0.6) is 17.2 Å². The highest BCUT2D eigenvalue weighted by atomic mass is 32.2. The quantitative estimate of drug-likeness (QED) is 0.234. The Hall–Kier alpha value is -3.86. The molecule has 0 bridgehead atoms. The molecule has 3 heterocycles. The number of aryl methyl sites for hydroxylation is 1. The number of aromatic nitrogens is 3. The molecule has 0 radical (unpaired) electrons. The van der Waals surface area contributed by atoms with Crippen molar-refractivity contribution in [3.8, 4) is 34.4 Å². The van der Waals surface area contributed by atoms with Gasteiger partial charge in [0.05, 0.1) is 5.75 Å². The summed E-state index contributed by atoms with van der Waals surface area (Å²) >= 11 is 1.13. The summed E-state index contributed by atoms with van der Waals surface area (Å²) in [7, 11) is 0. The Kier molecular flexibility index (Phi) is 6.16. The summed E-state index contributed by atoms with van der Waals surface area (Å²) in [5, 5.41) is 8.16. The highest BCUT2D eigenvalue weighted by molar-refractivity contribution is 7.99. The summed E-state index contributed by atoms with van der Waals surface area (Å²) in [6, 6.07) is 13.4. The van der Waals surface area contributed by atoms with Crippen molar-refractivity contribution in [1.82, 2.24) is 14.8 Å². The number of halogens is 2. The predicted molar refractivity (Wildman–Crippen MR) is 123 cm³/mol. The molecule has 0 fully saturated rings. The molecule has 2 aromatic carbocycles. The second-order valence-electron chi connectivity index (χ2n) is 7.65. The topological polar surface area (TPSA) is 88.6 Å². The third-order valence-electron chi connectivity index (χ3n) is 5.41. The number of thioether (sulfide) groups is 1. The van der Waals surface area contributed by atoms with Crippen molar-refractivity contribution in [3.63, 3.8) is 0 Å². The zero-order valence-electron chi connectivity index (χ0n) is 18.7. The average Bonchev–Trinajstić information content (AvgIpc) is 3.56. The van der Waals surface area contributed by atoms with Gasteiger partial charge < -0.3 is 23.2 Å². The maximum Gasteiger partial charge on any atom is 0.387 e. The van der Waals surface area contributed by atoms with Gasteiger partial charge in [-0.25, -0.2) is 0 Å². The van der Waals surface area contributed by atoms with E-state index in [0.717, 1.165) is 28.8 Å². The van der Waals surface area contributed by atoms with Gasteiger partial charge in [-0.3, -0.25) is 4.79 Å². The number of hydrogen-bond acceptors (Lipinski definition) is 8. The van der Waals surface area contributed by atoms with E-state index in [0.29, 0.717) is 22.6 Å². The van der Waals surface area contributed by atoms with Crippen molar-refractivity contribution in [2.75, 3.05) is 12.5 Å². The lowest BCUT2D eigenvalue weighted by molar-refractivity contribution is -0.0498. The van der Waals surface area contributed by atoms with Crippen molar-refractivity contribution in [2.24, 2.45) is 0 Å². The van der Waals surface area contributed by atoms with Crippen LogP contribution in [0.1, 0.15) is 21.7 Å². The van der Waals surface area contributed by atoms with Crippen LogP contribution in [0.2, 0.25) is 0 Å². The Morgan fingerprint density at radius 1 is 1.09 bits per heavy atom. The first-order valence-electron chi connectivity index (χ1n) is 10.5. The maximum atomic E-state index is 13.0. The summed E-state index contributed by atoms with van der Waals surface area (Å²) in [5.41, 5.74) is 3.74. The van der Waals surface area contributed by atoms with Crippen LogP contribution in [0.25, 0.3) is 17.1 Å². The molecule has 180 valence electrons. The molecule has 35 heavy (non-hydrogen) atoms. The van der Waals surface area contributed by atoms with E-state index in [1.165, 1.54) is 24.3 Å². The molecule has 11 heteroatoms. The summed E-state index contributed by atoms with van der Waals surface area (Å²) in [4.78, 5) is 13.0. The van der Waals surface area contributed by atoms with E-state index in [1.807, 2.05) is 42.7 Å². The number of carbonyl (C=O) groups excluding carboxylic acids is 1. The smallest absolute Gasteiger partial charge is 0.387 e. The van der Waals surface area contributed by atoms with Crippen LogP contribution < -0.4 is 14.2 Å². The molecular weight excluding hydrogens is 480 g/mol. The van der Waals surface area contributed by atoms with Crippen LogP contribution in [-0.4, -0.2) is 39.7 Å². The monoisotopic (exact) mass is 499 g/mol. The minimum absolute atomic E-state index is 0.0295. The average molecular weight is 499 g/mol. The molecule has 1 aliphatic heterocycles. The molecular formula is C24H19F2N3O5S. The van der Waals surface area contributed by atoms with Gasteiger partial charge >= 0.3 is 6.61 Å². The second-order valence-corrected chi connectivity index (χ2v) is 8.57. The lowest BCUT2D eigenvalue weighted by Crippen LogP contribution is -2.05. The van der Waals surface area contributed by atoms with Crippen molar-refractivity contribution in [1.29, 1.82) is 0 Å². The number of nitrogens with zero attached hydrogens (tertiary/aromatic N) is 3. The Balaban J connectivity index is 1.27. The van der Waals surface area contributed by atoms with E-state index in [-0.39, 0.29) is 35.2 Å². The lowest BCUT2D eigenvalue weighted by Gasteiger charge is -2.10. The number of ether oxygens (including phenoxy) is 3. The van der Waals surface area contributed by atoms with Crippen LogP contribution in [-0.2, 0) is 0 Å². The van der Waals surface area contributed by atoms with Crippen LogP contribution in [0, 0.1) is 13.8 Å². The van der Waals surface area contributed by atoms with Crippen LogP contribution >= 0.6 is 11.8 Å². The van der Waals surface area contributed by atoms with Gasteiger partial charge in [-0.1, -0.05) is 11.8 Å². The lowest BCUT2D eigenvalue weighted by atomic mass is 10.2. The summed E-state index contributed by atoms with van der Waals surface area (Å²) in [6.07, 6.45) is 0. The number of carbonyl (C=O) groups is 1. The number of benzene rings is 2. The van der Waals surface area contributed by atoms with Crippen molar-refractivity contribution >= 4 is 17.5 Å². The van der Waals surface area contributed by atoms with Crippen LogP contribution in [0.4, 0.5) is 8.78 Å². The molecule has 0 saturated carbocycles. The van der Waals surface area contributed by atoms with Crippen LogP contribution in [0.15, 0.2) is 58.2 Å². The van der Waals surface area contributed by atoms with Gasteiger partial charge in [0.1, 0.15) is 5.75 Å². The summed E-state index contributed by atoms with van der Waals surface area (Å²) in [6.45, 7) is 1.12. The van der Waals surface area contributed by atoms with Gasteiger partial charge in [-0.05, 0) is 56.3 Å². The van der Waals surface area contributed by atoms with Gasteiger partial charge in [0.2, 0.25) is 12.7 Å². The van der Waals surface area contributed by atoms with Crippen molar-refractivity contribution in [2.45, 2.75) is 25.7 Å². The van der Waals surface area contributed by atoms with Gasteiger partial charge in [-0.2, -0.15) is 8.78 Å². The Morgan fingerprint density at radius 3 is 2.63 bits per heavy atom. The van der Waals surface area contributed by atoms with Crippen molar-refractivity contribution < 1.29 is 32.2 Å². The molecule has 0 spiro atoms. The van der Waals surface area contributed by atoms with E-state index in [4.69, 9.17) is 13.9 Å². The summed E-state index contributed by atoms with van der Waals surface area (Å²) in [5.74, 6) is 1.63. The van der Waals surface area contributed by atoms with Crippen LogP contribution in [0.3, 0.4) is 0 Å². The molecule has 8 nitrogen and oxygen atoms in total. The molecule has 0 aliphatic carbocycles. The Bertz CT molecular complexity index is 1380. The normalized spacial score (nSPS) is 12.4. The maximum absolute atomic E-state index is 13.0. The number of hydrogen-bond donors (Lipinski definition) is 0. The standard InChI is InChI=1S/C24H19F2N3O5S/c1-13-9-18(14(2)29(13)16-5-8-20-21(10-16)32-12-31-20)19(30)11-35-24-28-27-22(34-24)15-3-6-17(7-4-15)33-23(25)26/h3-10,23H,11-12H2,1-2H3. The van der Waals surface area contributed by atoms with Crippen molar-refractivity contribution in [3.05, 3.63) is 65.5 Å². The number of alkyl halides is 2. The fraction of sp³-hybridized carbons (Fsp3) is 0.208. The minimum atomic E-state index is -2.90. The SMILES string of the molecule is Cc1cc(C(=O)CSc2nnc(-c3ccc(OC(F)F)cc3)o2)c(C)n1-c1ccc2c(c1)OCO2. The van der Waals surface area contributed by atoms with Gasteiger partial charge in [0, 0.05) is 34.3 Å². The summed E-state index contributed by atoms with van der Waals surface area (Å²) < 4.78 is 47.4. The van der Waals surface area contributed by atoms with Gasteiger partial charge in [0.25, 0.3) is 5.22 Å². The number of fused-ring (bicyclic) bond motifs is 1. The molecule has 5 rings (SSSR count). The fourth-order valence-electron chi connectivity index (χ4n) is 3.84. The zero-order valence-corrected chi connectivity index (χ0v) is 19.5. The molecule has 4 aromatic rings. The number of rotatable bonds is 8. The van der Waals surface area contributed by atoms with E-state index in [2.05, 4.69) is 14.9 Å². The third kappa shape index (κ3) is 4.72. The second kappa shape index (κ2) is 9.41. The van der Waals surface area contributed by atoms with E-state index >= 15 is 0 Å². The molecule has 0 N–H and O–H groups in total. The van der Waals surface area contributed by atoms with E-state index in [1.54, 1.807) is 0 Å². The molecule has 1 aliphatic rings. The Labute approximate surface area is 202 Å². The Morgan fingerprint density at radius 2 is 1.86 bits per heavy atom. The van der Waals surface area contributed by atoms with Gasteiger partial charge in [0.15, 0.2) is 17.3 Å². The number of Topliss-reactive ketones (excluding diaryl/α,β-unsaturated/α-hetero) is 1. The first kappa shape index (κ1) is 22.9. The zero-order chi connectivity index (χ0) is 24.5. The fourth-order valence-corrected chi connectivity index (χ4v) is 4.48. The molecule has 2 aromatic heterocycles. The number of ketones is 1. The predicted octanol–water partition coefficient (Wildman–Crippen LogP) is 5.45. The largest absolute Gasteiger partial charge is 0.454 e. The van der Waals surface area contributed by atoms with E-state index in [9.17, 15) is 13.6 Å². The molecule has 0 amide bonds. The molecule has 0 unspecified atom stereocenters. The van der Waals surface area contributed by atoms with E-state index < -0.39 is 6.61 Å². The first-order chi connectivity index (χ1) is 16.9. The minimum Gasteiger partial charge on any atom is -0.454 e. The first-order valence-corrected chi connectivity index (χ1v) is 11.5.